The highest BCUT2D eigenvalue weighted by Crippen LogP contribution is 2.29. The average molecular weight is 271 g/mol. The van der Waals surface area contributed by atoms with Crippen LogP contribution in [0.2, 0.25) is 0 Å². The van der Waals surface area contributed by atoms with Crippen LogP contribution in [0.3, 0.4) is 0 Å². The van der Waals surface area contributed by atoms with Gasteiger partial charge in [0, 0.05) is 19.6 Å². The predicted octanol–water partition coefficient (Wildman–Crippen LogP) is 3.15. The highest BCUT2D eigenvalue weighted by Gasteiger charge is 2.23. The first-order valence-corrected chi connectivity index (χ1v) is 7.58. The minimum Gasteiger partial charge on any atom is -0.370 e. The van der Waals surface area contributed by atoms with Crippen LogP contribution < -0.4 is 10.2 Å². The lowest BCUT2D eigenvalue weighted by Gasteiger charge is -2.35. The van der Waals surface area contributed by atoms with Gasteiger partial charge in [0.15, 0.2) is 0 Å². The predicted molar refractivity (Wildman–Crippen MR) is 83.7 cm³/mol. The minimum absolute atomic E-state index is 0.769. The van der Waals surface area contributed by atoms with E-state index in [1.807, 2.05) is 13.1 Å². The van der Waals surface area contributed by atoms with Gasteiger partial charge in [-0.25, -0.2) is 0 Å². The van der Waals surface area contributed by atoms with Crippen LogP contribution in [0, 0.1) is 23.2 Å². The van der Waals surface area contributed by atoms with Crippen molar-refractivity contribution in [3.05, 3.63) is 29.3 Å². The molecule has 1 aromatic carbocycles. The Hall–Kier alpha value is -1.53. The molecule has 0 bridgehead atoms. The summed E-state index contributed by atoms with van der Waals surface area (Å²) in [6.45, 7) is 7.58. The SMILES string of the molecule is CNCc1ccc(N2CCC(C(C)C)CC2)c(C#N)c1. The molecule has 0 aromatic heterocycles. The van der Waals surface area contributed by atoms with E-state index in [1.165, 1.54) is 18.4 Å². The molecular weight excluding hydrogens is 246 g/mol. The molecule has 1 aromatic rings. The molecule has 0 unspecified atom stereocenters. The van der Waals surface area contributed by atoms with Crippen molar-refractivity contribution in [2.75, 3.05) is 25.0 Å². The third-order valence-corrected chi connectivity index (χ3v) is 4.39. The first-order valence-electron chi connectivity index (χ1n) is 7.58. The number of benzene rings is 1. The molecule has 3 heteroatoms. The van der Waals surface area contributed by atoms with Crippen LogP contribution >= 0.6 is 0 Å². The zero-order valence-electron chi connectivity index (χ0n) is 12.8. The second-order valence-corrected chi connectivity index (χ2v) is 6.06. The number of nitrogens with zero attached hydrogens (tertiary/aromatic N) is 2. The van der Waals surface area contributed by atoms with Crippen LogP contribution in [0.15, 0.2) is 18.2 Å². The molecule has 0 atom stereocenters. The van der Waals surface area contributed by atoms with Crippen LogP contribution in [0.5, 0.6) is 0 Å². The first-order chi connectivity index (χ1) is 9.65. The van der Waals surface area contributed by atoms with Crippen molar-refractivity contribution in [2.24, 2.45) is 11.8 Å². The summed E-state index contributed by atoms with van der Waals surface area (Å²) in [5.41, 5.74) is 3.08. The number of hydrogen-bond donors (Lipinski definition) is 1. The molecule has 1 aliphatic rings. The fourth-order valence-corrected chi connectivity index (χ4v) is 3.07. The molecular formula is C17H25N3. The van der Waals surface area contributed by atoms with E-state index < -0.39 is 0 Å². The topological polar surface area (TPSA) is 39.1 Å². The van der Waals surface area contributed by atoms with Crippen LogP contribution in [-0.4, -0.2) is 20.1 Å². The fourth-order valence-electron chi connectivity index (χ4n) is 3.07. The van der Waals surface area contributed by atoms with Crippen LogP contribution in [0.1, 0.15) is 37.8 Å². The zero-order chi connectivity index (χ0) is 14.5. The Morgan fingerprint density at radius 1 is 1.35 bits per heavy atom. The Morgan fingerprint density at radius 3 is 2.60 bits per heavy atom. The van der Waals surface area contributed by atoms with Gasteiger partial charge < -0.3 is 10.2 Å². The van der Waals surface area contributed by atoms with Crippen molar-refractivity contribution in [1.29, 1.82) is 5.26 Å². The van der Waals surface area contributed by atoms with Gasteiger partial charge in [-0.3, -0.25) is 0 Å². The van der Waals surface area contributed by atoms with Gasteiger partial charge in [-0.1, -0.05) is 19.9 Å². The number of hydrogen-bond acceptors (Lipinski definition) is 3. The smallest absolute Gasteiger partial charge is 0.101 e. The fraction of sp³-hybridized carbons (Fsp3) is 0.588. The normalized spacial score (nSPS) is 16.4. The molecule has 0 aliphatic carbocycles. The third kappa shape index (κ3) is 3.32. The Kier molecular flexibility index (Phi) is 5.03. The van der Waals surface area contributed by atoms with Gasteiger partial charge in [0.1, 0.15) is 6.07 Å². The summed E-state index contributed by atoms with van der Waals surface area (Å²) < 4.78 is 0. The van der Waals surface area contributed by atoms with E-state index in [2.05, 4.69) is 42.3 Å². The summed E-state index contributed by atoms with van der Waals surface area (Å²) in [5.74, 6) is 1.60. The lowest BCUT2D eigenvalue weighted by Crippen LogP contribution is -2.35. The monoisotopic (exact) mass is 271 g/mol. The molecule has 3 nitrogen and oxygen atoms in total. The van der Waals surface area contributed by atoms with Crippen molar-refractivity contribution in [3.63, 3.8) is 0 Å². The van der Waals surface area contributed by atoms with Crippen LogP contribution in [0.4, 0.5) is 5.69 Å². The standard InChI is InChI=1S/C17H25N3/c1-13(2)15-6-8-20(9-7-15)17-5-4-14(12-19-3)10-16(17)11-18/h4-5,10,13,15,19H,6-9,12H2,1-3H3. The summed E-state index contributed by atoms with van der Waals surface area (Å²) in [4.78, 5) is 2.38. The molecule has 0 spiro atoms. The van der Waals surface area contributed by atoms with E-state index in [0.29, 0.717) is 0 Å². The molecule has 0 radical (unpaired) electrons. The van der Waals surface area contributed by atoms with E-state index in [9.17, 15) is 5.26 Å². The maximum absolute atomic E-state index is 9.38. The van der Waals surface area contributed by atoms with Gasteiger partial charge in [0.2, 0.25) is 0 Å². The summed E-state index contributed by atoms with van der Waals surface area (Å²) in [5, 5.41) is 12.5. The number of nitriles is 1. The second kappa shape index (κ2) is 6.76. The van der Waals surface area contributed by atoms with Crippen molar-refractivity contribution in [1.82, 2.24) is 5.32 Å². The highest BCUT2D eigenvalue weighted by molar-refractivity contribution is 5.60. The molecule has 1 aliphatic heterocycles. The molecule has 1 fully saturated rings. The van der Waals surface area contributed by atoms with Gasteiger partial charge in [-0.05, 0) is 49.4 Å². The number of rotatable bonds is 4. The van der Waals surface area contributed by atoms with E-state index >= 15 is 0 Å². The minimum atomic E-state index is 0.769. The third-order valence-electron chi connectivity index (χ3n) is 4.39. The van der Waals surface area contributed by atoms with E-state index in [1.54, 1.807) is 0 Å². The summed E-state index contributed by atoms with van der Waals surface area (Å²) in [7, 11) is 1.93. The number of piperidine rings is 1. The van der Waals surface area contributed by atoms with Crippen molar-refractivity contribution < 1.29 is 0 Å². The lowest BCUT2D eigenvalue weighted by molar-refractivity contribution is 0.311. The van der Waals surface area contributed by atoms with Gasteiger partial charge in [0.25, 0.3) is 0 Å². The summed E-state index contributed by atoms with van der Waals surface area (Å²) in [6, 6.07) is 8.61. The van der Waals surface area contributed by atoms with Crippen molar-refractivity contribution in [3.8, 4) is 6.07 Å². The molecule has 2 rings (SSSR count). The van der Waals surface area contributed by atoms with E-state index in [-0.39, 0.29) is 0 Å². The second-order valence-electron chi connectivity index (χ2n) is 6.06. The molecule has 1 N–H and O–H groups in total. The van der Waals surface area contributed by atoms with Crippen molar-refractivity contribution >= 4 is 5.69 Å². The van der Waals surface area contributed by atoms with Gasteiger partial charge in [0.05, 0.1) is 11.3 Å². The maximum atomic E-state index is 9.38. The Morgan fingerprint density at radius 2 is 2.05 bits per heavy atom. The molecule has 108 valence electrons. The maximum Gasteiger partial charge on any atom is 0.101 e. The Labute approximate surface area is 122 Å². The number of nitrogens with one attached hydrogen (secondary N) is 1. The quantitative estimate of drug-likeness (QED) is 0.914. The highest BCUT2D eigenvalue weighted by atomic mass is 15.1. The molecule has 0 saturated carbocycles. The van der Waals surface area contributed by atoms with Crippen LogP contribution in [-0.2, 0) is 6.54 Å². The molecule has 1 heterocycles. The first kappa shape index (κ1) is 14.9. The van der Waals surface area contributed by atoms with Gasteiger partial charge in [-0.2, -0.15) is 5.26 Å². The molecule has 20 heavy (non-hydrogen) atoms. The van der Waals surface area contributed by atoms with Gasteiger partial charge in [-0.15, -0.1) is 0 Å². The van der Waals surface area contributed by atoms with E-state index in [4.69, 9.17) is 0 Å². The average Bonchev–Trinajstić information content (AvgIpc) is 2.47. The molecule has 1 saturated heterocycles. The summed E-state index contributed by atoms with van der Waals surface area (Å²) >= 11 is 0. The largest absolute Gasteiger partial charge is 0.370 e. The number of anilines is 1. The summed E-state index contributed by atoms with van der Waals surface area (Å²) in [6.07, 6.45) is 2.47. The Bertz CT molecular complexity index is 479. The van der Waals surface area contributed by atoms with Crippen molar-refractivity contribution in [2.45, 2.75) is 33.2 Å². The zero-order valence-corrected chi connectivity index (χ0v) is 12.8. The van der Waals surface area contributed by atoms with E-state index in [0.717, 1.165) is 42.7 Å². The van der Waals surface area contributed by atoms with Gasteiger partial charge >= 0.3 is 0 Å². The Balaban J connectivity index is 2.12. The lowest BCUT2D eigenvalue weighted by atomic mass is 9.86. The molecule has 0 amide bonds. The van der Waals surface area contributed by atoms with Crippen LogP contribution in [0.25, 0.3) is 0 Å².